The van der Waals surface area contributed by atoms with E-state index in [-0.39, 0.29) is 22.8 Å². The molecule has 0 aliphatic heterocycles. The fraction of sp³-hybridized carbons (Fsp3) is 0.214. The minimum atomic E-state index is -1.29. The van der Waals surface area contributed by atoms with E-state index < -0.39 is 30.7 Å². The molecule has 1 atom stereocenters. The molecule has 0 fully saturated rings. The number of carboxylic acids is 1. The van der Waals surface area contributed by atoms with Gasteiger partial charge in [0.05, 0.1) is 29.2 Å². The van der Waals surface area contributed by atoms with Gasteiger partial charge in [0.25, 0.3) is 0 Å². The van der Waals surface area contributed by atoms with Gasteiger partial charge in [-0.3, -0.25) is 14.4 Å². The normalized spacial score (nSPS) is 11.4. The number of esters is 1. The van der Waals surface area contributed by atoms with Crippen LogP contribution in [0.3, 0.4) is 0 Å². The van der Waals surface area contributed by atoms with Crippen LogP contribution in [0, 0.1) is 13.8 Å². The Kier molecular flexibility index (Phi) is 9.66. The van der Waals surface area contributed by atoms with E-state index in [0.717, 1.165) is 15.6 Å². The zero-order chi connectivity index (χ0) is 28.0. The van der Waals surface area contributed by atoms with Gasteiger partial charge in [-0.2, -0.15) is 0 Å². The predicted molar refractivity (Wildman–Crippen MR) is 146 cm³/mol. The number of aliphatic carboxylic acids is 1. The number of ketones is 1. The average molecular weight is 603 g/mol. The van der Waals surface area contributed by atoms with Crippen molar-refractivity contribution in [2.45, 2.75) is 39.9 Å². The molecule has 0 radical (unpaired) electrons. The Morgan fingerprint density at radius 1 is 0.921 bits per heavy atom. The quantitative estimate of drug-likeness (QED) is 0.160. The van der Waals surface area contributed by atoms with Crippen LogP contribution >= 0.6 is 27.5 Å². The van der Waals surface area contributed by atoms with Crippen LogP contribution < -0.4 is 4.90 Å². The molecule has 1 unspecified atom stereocenters. The van der Waals surface area contributed by atoms with Crippen LogP contribution in [0.2, 0.25) is 5.02 Å². The summed E-state index contributed by atoms with van der Waals surface area (Å²) < 4.78 is 11.2. The highest BCUT2D eigenvalue weighted by Gasteiger charge is 2.26. The van der Waals surface area contributed by atoms with Crippen LogP contribution in [0.15, 0.2) is 65.1 Å². The molecule has 3 aromatic rings. The number of hydrogen-bond donors (Lipinski definition) is 1. The van der Waals surface area contributed by atoms with Crippen molar-refractivity contribution in [2.24, 2.45) is 0 Å². The summed E-state index contributed by atoms with van der Waals surface area (Å²) >= 11 is 9.94. The molecule has 0 bridgehead atoms. The van der Waals surface area contributed by atoms with Gasteiger partial charge in [0.15, 0.2) is 5.78 Å². The van der Waals surface area contributed by atoms with Crippen LogP contribution in [0.5, 0.6) is 0 Å². The Bertz CT molecular complexity index is 1390. The standard InChI is InChI=1S/C28H25BrClNO7/c1-16-6-4-5-7-21(16)27(35)22-10-9-20(15-23(22)30)31(24-11-8-19(29)14-17(24)2)28(36)38-18(3)37-26(34)13-12-25(32)33/h4-11,14-15,18H,12-13H2,1-3H3,(H,32,33). The van der Waals surface area contributed by atoms with E-state index in [2.05, 4.69) is 15.9 Å². The zero-order valence-corrected chi connectivity index (χ0v) is 23.2. The maximum Gasteiger partial charge on any atom is 0.422 e. The van der Waals surface area contributed by atoms with Gasteiger partial charge in [0.2, 0.25) is 6.29 Å². The number of rotatable bonds is 9. The third-order valence-corrected chi connectivity index (χ3v) is 6.34. The number of benzene rings is 3. The lowest BCUT2D eigenvalue weighted by Gasteiger charge is -2.26. The van der Waals surface area contributed by atoms with Gasteiger partial charge in [-0.25, -0.2) is 9.69 Å². The van der Waals surface area contributed by atoms with Crippen molar-refractivity contribution in [1.29, 1.82) is 0 Å². The highest BCUT2D eigenvalue weighted by molar-refractivity contribution is 9.10. The number of carboxylic acid groups (broad SMARTS) is 1. The van der Waals surface area contributed by atoms with Crippen LogP contribution in [-0.4, -0.2) is 35.2 Å². The SMILES string of the molecule is Cc1ccccc1C(=O)c1ccc(N(C(=O)OC(C)OC(=O)CCC(=O)O)c2ccc(Br)cc2C)cc1Cl. The Morgan fingerprint density at radius 2 is 1.63 bits per heavy atom. The van der Waals surface area contributed by atoms with Crippen molar-refractivity contribution < 1.29 is 33.8 Å². The summed E-state index contributed by atoms with van der Waals surface area (Å²) in [4.78, 5) is 50.3. The molecule has 0 heterocycles. The second-order valence-electron chi connectivity index (χ2n) is 8.41. The van der Waals surface area contributed by atoms with Gasteiger partial charge in [0.1, 0.15) is 0 Å². The molecule has 0 spiro atoms. The first-order valence-electron chi connectivity index (χ1n) is 11.6. The second kappa shape index (κ2) is 12.7. The van der Waals surface area contributed by atoms with E-state index in [0.29, 0.717) is 16.9 Å². The molecule has 1 N–H and O–H groups in total. The first kappa shape index (κ1) is 28.9. The molecule has 3 rings (SSSR count). The summed E-state index contributed by atoms with van der Waals surface area (Å²) in [5.41, 5.74) is 3.10. The van der Waals surface area contributed by atoms with E-state index in [1.54, 1.807) is 37.3 Å². The molecular formula is C28H25BrClNO7. The summed E-state index contributed by atoms with van der Waals surface area (Å²) in [5.74, 6) is -2.22. The molecule has 0 aliphatic rings. The maximum atomic E-state index is 13.3. The summed E-state index contributed by atoms with van der Waals surface area (Å²) in [7, 11) is 0. The van der Waals surface area contributed by atoms with E-state index in [4.69, 9.17) is 26.2 Å². The fourth-order valence-electron chi connectivity index (χ4n) is 3.68. The number of carbonyl (C=O) groups excluding carboxylic acids is 3. The number of hydrogen-bond acceptors (Lipinski definition) is 6. The molecule has 1 amide bonds. The summed E-state index contributed by atoms with van der Waals surface area (Å²) in [5, 5.41) is 8.87. The molecular weight excluding hydrogens is 578 g/mol. The monoisotopic (exact) mass is 601 g/mol. The first-order valence-corrected chi connectivity index (χ1v) is 12.7. The molecule has 198 valence electrons. The number of carbonyl (C=O) groups is 4. The van der Waals surface area contributed by atoms with Gasteiger partial charge in [-0.1, -0.05) is 51.8 Å². The van der Waals surface area contributed by atoms with Crippen molar-refractivity contribution >= 4 is 62.7 Å². The average Bonchev–Trinajstić information content (AvgIpc) is 2.84. The number of aryl methyl sites for hydroxylation is 2. The minimum Gasteiger partial charge on any atom is -0.481 e. The Morgan fingerprint density at radius 3 is 2.26 bits per heavy atom. The van der Waals surface area contributed by atoms with Crippen molar-refractivity contribution in [3.8, 4) is 0 Å². The molecule has 0 saturated heterocycles. The fourth-order valence-corrected chi connectivity index (χ4v) is 4.42. The van der Waals surface area contributed by atoms with Crippen molar-refractivity contribution in [1.82, 2.24) is 0 Å². The van der Waals surface area contributed by atoms with E-state index >= 15 is 0 Å². The summed E-state index contributed by atoms with van der Waals surface area (Å²) in [6.07, 6.45) is -2.93. The summed E-state index contributed by atoms with van der Waals surface area (Å²) in [6, 6.07) is 17.0. The smallest absolute Gasteiger partial charge is 0.422 e. The molecule has 3 aromatic carbocycles. The van der Waals surface area contributed by atoms with Crippen molar-refractivity contribution in [3.05, 3.63) is 92.4 Å². The molecule has 10 heteroatoms. The van der Waals surface area contributed by atoms with Gasteiger partial charge in [-0.15, -0.1) is 0 Å². The molecule has 8 nitrogen and oxygen atoms in total. The second-order valence-corrected chi connectivity index (χ2v) is 9.73. The Labute approximate surface area is 233 Å². The van der Waals surface area contributed by atoms with Crippen LogP contribution in [0.1, 0.15) is 46.8 Å². The van der Waals surface area contributed by atoms with Gasteiger partial charge in [0, 0.05) is 22.5 Å². The highest BCUT2D eigenvalue weighted by atomic mass is 79.9. The number of amides is 1. The lowest BCUT2D eigenvalue weighted by molar-refractivity contribution is -0.166. The lowest BCUT2D eigenvalue weighted by atomic mass is 9.99. The Hall–Kier alpha value is -3.69. The Balaban J connectivity index is 1.93. The zero-order valence-electron chi connectivity index (χ0n) is 20.9. The van der Waals surface area contributed by atoms with Crippen LogP contribution in [0.4, 0.5) is 16.2 Å². The van der Waals surface area contributed by atoms with Gasteiger partial charge >= 0.3 is 18.0 Å². The first-order chi connectivity index (χ1) is 18.0. The van der Waals surface area contributed by atoms with Crippen molar-refractivity contribution in [2.75, 3.05) is 4.90 Å². The van der Waals surface area contributed by atoms with Crippen molar-refractivity contribution in [3.63, 3.8) is 0 Å². The highest BCUT2D eigenvalue weighted by Crippen LogP contribution is 2.34. The maximum absolute atomic E-state index is 13.3. The van der Waals surface area contributed by atoms with E-state index in [1.807, 2.05) is 25.1 Å². The van der Waals surface area contributed by atoms with Crippen LogP contribution in [-0.2, 0) is 19.1 Å². The van der Waals surface area contributed by atoms with Gasteiger partial charge < -0.3 is 14.6 Å². The molecule has 0 aliphatic carbocycles. The lowest BCUT2D eigenvalue weighted by Crippen LogP contribution is -2.32. The molecule has 38 heavy (non-hydrogen) atoms. The topological polar surface area (TPSA) is 110 Å². The third-order valence-electron chi connectivity index (χ3n) is 5.53. The number of anilines is 2. The number of nitrogens with zero attached hydrogens (tertiary/aromatic N) is 1. The largest absolute Gasteiger partial charge is 0.481 e. The van der Waals surface area contributed by atoms with E-state index in [9.17, 15) is 19.2 Å². The summed E-state index contributed by atoms with van der Waals surface area (Å²) in [6.45, 7) is 4.98. The third kappa shape index (κ3) is 7.20. The van der Waals surface area contributed by atoms with Gasteiger partial charge in [-0.05, 0) is 61.4 Å². The van der Waals surface area contributed by atoms with Crippen LogP contribution in [0.25, 0.3) is 0 Å². The molecule has 0 aromatic heterocycles. The number of ether oxygens (including phenoxy) is 2. The minimum absolute atomic E-state index is 0.136. The number of halogens is 2. The molecule has 0 saturated carbocycles. The van der Waals surface area contributed by atoms with E-state index in [1.165, 1.54) is 24.0 Å². The predicted octanol–water partition coefficient (Wildman–Crippen LogP) is 6.98.